The lowest BCUT2D eigenvalue weighted by Gasteiger charge is -2.16. The Morgan fingerprint density at radius 3 is 2.57 bits per heavy atom. The van der Waals surface area contributed by atoms with Crippen molar-refractivity contribution in [2.45, 2.75) is 32.7 Å². The maximum absolute atomic E-state index is 5.98. The smallest absolute Gasteiger partial charge is 0.224 e. The SMILES string of the molecule is CCCc1cc(NC(C)c2ccc(OC)cc2)nc(Cl)n1. The lowest BCUT2D eigenvalue weighted by atomic mass is 10.1. The zero-order valence-electron chi connectivity index (χ0n) is 12.6. The third-order valence-electron chi connectivity index (χ3n) is 3.24. The van der Waals surface area contributed by atoms with E-state index in [1.54, 1.807) is 7.11 Å². The third kappa shape index (κ3) is 4.33. The van der Waals surface area contributed by atoms with Crippen molar-refractivity contribution in [3.63, 3.8) is 0 Å². The van der Waals surface area contributed by atoms with E-state index >= 15 is 0 Å². The molecule has 21 heavy (non-hydrogen) atoms. The number of nitrogens with one attached hydrogen (secondary N) is 1. The predicted octanol–water partition coefficient (Wildman–Crippen LogP) is 4.26. The lowest BCUT2D eigenvalue weighted by Crippen LogP contribution is -2.09. The zero-order valence-corrected chi connectivity index (χ0v) is 13.3. The second-order valence-corrected chi connectivity index (χ2v) is 5.24. The Morgan fingerprint density at radius 2 is 1.95 bits per heavy atom. The standard InChI is InChI=1S/C16H20ClN3O/c1-4-5-13-10-15(20-16(17)19-13)18-11(2)12-6-8-14(21-3)9-7-12/h6-11H,4-5H2,1-3H3,(H,18,19,20). The maximum Gasteiger partial charge on any atom is 0.224 e. The quantitative estimate of drug-likeness (QED) is 0.810. The van der Waals surface area contributed by atoms with Gasteiger partial charge in [0.25, 0.3) is 0 Å². The first-order valence-corrected chi connectivity index (χ1v) is 7.44. The number of rotatable bonds is 6. The normalized spacial score (nSPS) is 12.0. The molecule has 0 amide bonds. The Hall–Kier alpha value is -1.81. The Kier molecular flexibility index (Phi) is 5.39. The lowest BCUT2D eigenvalue weighted by molar-refractivity contribution is 0.414. The van der Waals surface area contributed by atoms with Crippen LogP contribution in [0.4, 0.5) is 5.82 Å². The van der Waals surface area contributed by atoms with E-state index in [-0.39, 0.29) is 11.3 Å². The van der Waals surface area contributed by atoms with Crippen LogP contribution in [-0.2, 0) is 6.42 Å². The summed E-state index contributed by atoms with van der Waals surface area (Å²) in [5.41, 5.74) is 2.12. The number of hydrogen-bond donors (Lipinski definition) is 1. The molecule has 0 aliphatic rings. The first-order valence-electron chi connectivity index (χ1n) is 7.06. The molecule has 0 radical (unpaired) electrons. The van der Waals surface area contributed by atoms with Gasteiger partial charge in [-0.3, -0.25) is 0 Å². The van der Waals surface area contributed by atoms with E-state index in [0.717, 1.165) is 35.7 Å². The number of aromatic nitrogens is 2. The summed E-state index contributed by atoms with van der Waals surface area (Å²) in [6, 6.07) is 10.0. The summed E-state index contributed by atoms with van der Waals surface area (Å²) in [7, 11) is 1.66. The van der Waals surface area contributed by atoms with Gasteiger partial charge in [-0.2, -0.15) is 0 Å². The fraction of sp³-hybridized carbons (Fsp3) is 0.375. The van der Waals surface area contributed by atoms with E-state index in [0.29, 0.717) is 0 Å². The van der Waals surface area contributed by atoms with Gasteiger partial charge in [-0.25, -0.2) is 9.97 Å². The van der Waals surface area contributed by atoms with Gasteiger partial charge in [0.1, 0.15) is 11.6 Å². The van der Waals surface area contributed by atoms with E-state index in [4.69, 9.17) is 16.3 Å². The highest BCUT2D eigenvalue weighted by molar-refractivity contribution is 6.28. The van der Waals surface area contributed by atoms with Gasteiger partial charge in [0.15, 0.2) is 0 Å². The van der Waals surface area contributed by atoms with Crippen LogP contribution in [0.25, 0.3) is 0 Å². The molecule has 1 unspecified atom stereocenters. The van der Waals surface area contributed by atoms with E-state index in [2.05, 4.69) is 29.1 Å². The first kappa shape index (κ1) is 15.6. The van der Waals surface area contributed by atoms with Crippen molar-refractivity contribution in [3.05, 3.63) is 46.9 Å². The van der Waals surface area contributed by atoms with E-state index in [1.807, 2.05) is 30.3 Å². The van der Waals surface area contributed by atoms with Crippen molar-refractivity contribution in [2.75, 3.05) is 12.4 Å². The molecule has 1 atom stereocenters. The van der Waals surface area contributed by atoms with Crippen molar-refractivity contribution in [2.24, 2.45) is 0 Å². The minimum atomic E-state index is 0.122. The number of benzene rings is 1. The molecule has 0 aliphatic heterocycles. The van der Waals surface area contributed by atoms with Crippen LogP contribution in [0, 0.1) is 0 Å². The van der Waals surface area contributed by atoms with Crippen LogP contribution in [0.3, 0.4) is 0 Å². The molecule has 1 aromatic carbocycles. The fourth-order valence-corrected chi connectivity index (χ4v) is 2.32. The van der Waals surface area contributed by atoms with Crippen LogP contribution in [0.2, 0.25) is 5.28 Å². The van der Waals surface area contributed by atoms with Gasteiger partial charge in [-0.1, -0.05) is 25.5 Å². The summed E-state index contributed by atoms with van der Waals surface area (Å²) in [5.74, 6) is 1.60. The minimum Gasteiger partial charge on any atom is -0.497 e. The molecule has 0 saturated heterocycles. The van der Waals surface area contributed by atoms with E-state index in [9.17, 15) is 0 Å². The number of hydrogen-bond acceptors (Lipinski definition) is 4. The highest BCUT2D eigenvalue weighted by Crippen LogP contribution is 2.22. The Morgan fingerprint density at radius 1 is 1.24 bits per heavy atom. The van der Waals surface area contributed by atoms with Crippen LogP contribution in [0.1, 0.15) is 37.6 Å². The Labute approximate surface area is 130 Å². The number of ether oxygens (including phenoxy) is 1. The summed E-state index contributed by atoms with van der Waals surface area (Å²) < 4.78 is 5.17. The number of anilines is 1. The second-order valence-electron chi connectivity index (χ2n) is 4.90. The molecular formula is C16H20ClN3O. The summed E-state index contributed by atoms with van der Waals surface area (Å²) in [6.07, 6.45) is 1.93. The molecule has 2 rings (SSSR count). The molecule has 5 heteroatoms. The van der Waals surface area contributed by atoms with Gasteiger partial charge in [0.05, 0.1) is 7.11 Å². The maximum atomic E-state index is 5.98. The summed E-state index contributed by atoms with van der Waals surface area (Å²) in [4.78, 5) is 8.46. The van der Waals surface area contributed by atoms with Gasteiger partial charge in [-0.05, 0) is 42.6 Å². The van der Waals surface area contributed by atoms with Gasteiger partial charge in [-0.15, -0.1) is 0 Å². The number of methoxy groups -OCH3 is 1. The van der Waals surface area contributed by atoms with Crippen LogP contribution in [-0.4, -0.2) is 17.1 Å². The van der Waals surface area contributed by atoms with Crippen molar-refractivity contribution >= 4 is 17.4 Å². The van der Waals surface area contributed by atoms with Crippen molar-refractivity contribution in [3.8, 4) is 5.75 Å². The van der Waals surface area contributed by atoms with E-state index < -0.39 is 0 Å². The summed E-state index contributed by atoms with van der Waals surface area (Å²) in [5, 5.41) is 3.64. The number of aryl methyl sites for hydroxylation is 1. The molecule has 0 fully saturated rings. The minimum absolute atomic E-state index is 0.122. The fourth-order valence-electron chi connectivity index (χ4n) is 2.12. The predicted molar refractivity (Wildman–Crippen MR) is 86.1 cm³/mol. The van der Waals surface area contributed by atoms with Crippen molar-refractivity contribution in [1.29, 1.82) is 0 Å². The van der Waals surface area contributed by atoms with E-state index in [1.165, 1.54) is 0 Å². The molecular weight excluding hydrogens is 286 g/mol. The van der Waals surface area contributed by atoms with Crippen molar-refractivity contribution < 1.29 is 4.74 Å². The van der Waals surface area contributed by atoms with Crippen LogP contribution < -0.4 is 10.1 Å². The molecule has 1 aromatic heterocycles. The molecule has 4 nitrogen and oxygen atoms in total. The molecule has 112 valence electrons. The van der Waals surface area contributed by atoms with Crippen LogP contribution in [0.5, 0.6) is 5.75 Å². The summed E-state index contributed by atoms with van der Waals surface area (Å²) >= 11 is 5.98. The number of nitrogens with zero attached hydrogens (tertiary/aromatic N) is 2. The second kappa shape index (κ2) is 7.27. The third-order valence-corrected chi connectivity index (χ3v) is 3.41. The number of halogens is 1. The molecule has 0 bridgehead atoms. The van der Waals surface area contributed by atoms with Gasteiger partial charge < -0.3 is 10.1 Å². The van der Waals surface area contributed by atoms with Crippen LogP contribution in [0.15, 0.2) is 30.3 Å². The van der Waals surface area contributed by atoms with Gasteiger partial charge in [0, 0.05) is 17.8 Å². The molecule has 0 saturated carbocycles. The largest absolute Gasteiger partial charge is 0.497 e. The molecule has 1 heterocycles. The van der Waals surface area contributed by atoms with Crippen LogP contribution >= 0.6 is 11.6 Å². The average molecular weight is 306 g/mol. The van der Waals surface area contributed by atoms with Gasteiger partial charge >= 0.3 is 0 Å². The first-order chi connectivity index (χ1) is 10.1. The highest BCUT2D eigenvalue weighted by Gasteiger charge is 2.08. The van der Waals surface area contributed by atoms with Gasteiger partial charge in [0.2, 0.25) is 5.28 Å². The highest BCUT2D eigenvalue weighted by atomic mass is 35.5. The molecule has 2 aromatic rings. The molecule has 0 aliphatic carbocycles. The van der Waals surface area contributed by atoms with Crippen molar-refractivity contribution in [1.82, 2.24) is 9.97 Å². The molecule has 1 N–H and O–H groups in total. The molecule has 0 spiro atoms. The zero-order chi connectivity index (χ0) is 15.2. The monoisotopic (exact) mass is 305 g/mol. The Balaban J connectivity index is 2.12. The topological polar surface area (TPSA) is 47.0 Å². The summed E-state index contributed by atoms with van der Waals surface area (Å²) in [6.45, 7) is 4.19. The average Bonchev–Trinajstić information content (AvgIpc) is 2.47. The Bertz CT molecular complexity index is 587.